The van der Waals surface area contributed by atoms with Crippen molar-refractivity contribution >= 4 is 0 Å². The summed E-state index contributed by atoms with van der Waals surface area (Å²) in [5, 5.41) is 220. The number of hydrogen-bond acceptors (Lipinski definition) is 33. The smallest absolute Gasteiger partial charge is 0.187 e. The van der Waals surface area contributed by atoms with Gasteiger partial charge in [0.05, 0.1) is 59.5 Å². The summed E-state index contributed by atoms with van der Waals surface area (Å²) in [6.07, 6.45) is -54.7. The largest absolute Gasteiger partial charge is 0.394 e. The lowest BCUT2D eigenvalue weighted by Gasteiger charge is -2.47. The van der Waals surface area contributed by atoms with E-state index in [4.69, 9.17) is 56.8 Å². The highest BCUT2D eigenvalue weighted by molar-refractivity contribution is 4.98. The molecule has 6 saturated heterocycles. The SMILES string of the molecule is CC(CO[C@@H]1OC(CO)[C@@H](O[C@@H]2OC(CO)[C@H](O)C(O)C2O)C(O)C1O)(CO[C@@H]1OC(CO)[C@@H](O[C@@H]2OC(CO)[C@H](O)C(O)C2O)C(O)C1O)CO[C@@H]1OC(CO)[C@@H](O[C@@H]2OC(CO)[C@H](O)C(O)C2O)C(O)C1O. The molecule has 6 aliphatic heterocycles. The van der Waals surface area contributed by atoms with Gasteiger partial charge in [-0.3, -0.25) is 0 Å². The molecule has 0 spiro atoms. The van der Waals surface area contributed by atoms with E-state index < -0.39 is 249 Å². The van der Waals surface area contributed by atoms with Crippen molar-refractivity contribution in [3.63, 3.8) is 0 Å². The number of aliphatic hydroxyl groups is 21. The average Bonchev–Trinajstić information content (AvgIpc) is 3.39. The van der Waals surface area contributed by atoms with Gasteiger partial charge in [0.2, 0.25) is 0 Å². The molecule has 6 aliphatic rings. The molecule has 0 aromatic rings. The van der Waals surface area contributed by atoms with Crippen LogP contribution in [0.15, 0.2) is 0 Å². The van der Waals surface area contributed by atoms with Crippen LogP contribution in [0.25, 0.3) is 0 Å². The standard InChI is InChI=1S/C41H72O33/c1-41(8-63-35-29(60)23(54)32(14(5-45)69-35)72-38-26(57)20(51)17(48)11(2-42)66-38,9-64-36-30(61)24(55)33(15(6-46)70-36)73-39-27(58)21(52)18(49)12(3-43)67-39)10-65-37-31(62)25(56)34(16(7-47)71-37)74-40-28(59)22(53)19(50)13(4-44)68-40/h11-40,42-62H,2-10H2,1H3/t11?,12?,13?,14?,15?,16?,17-,18-,19-,20?,21?,22?,23?,24?,25?,26?,27?,28?,29?,30?,31?,32+,33+,34+,35+,36+,37+,38-,39-,40-,41?/m0/s1. The summed E-state index contributed by atoms with van der Waals surface area (Å²) in [7, 11) is 0. The summed E-state index contributed by atoms with van der Waals surface area (Å²) in [6, 6.07) is 0. The molecule has 0 aliphatic carbocycles. The van der Waals surface area contributed by atoms with Gasteiger partial charge in [0.1, 0.15) is 146 Å². The molecule has 6 fully saturated rings. The van der Waals surface area contributed by atoms with Crippen molar-refractivity contribution in [2.45, 2.75) is 191 Å². The second kappa shape index (κ2) is 26.8. The molecule has 18 unspecified atom stereocenters. The highest BCUT2D eigenvalue weighted by Crippen LogP contribution is 2.35. The fourth-order valence-electron chi connectivity index (χ4n) is 9.05. The molecule has 21 N–H and O–H groups in total. The van der Waals surface area contributed by atoms with E-state index in [0.717, 1.165) is 0 Å². The molecule has 0 bridgehead atoms. The van der Waals surface area contributed by atoms with Crippen LogP contribution in [0.3, 0.4) is 0 Å². The monoisotopic (exact) mass is 1090 g/mol. The predicted octanol–water partition coefficient (Wildman–Crippen LogP) is -14.1. The van der Waals surface area contributed by atoms with Gasteiger partial charge in [0.15, 0.2) is 37.7 Å². The van der Waals surface area contributed by atoms with Crippen LogP contribution in [-0.4, -0.2) is 351 Å². The average molecular weight is 1090 g/mol. The zero-order valence-corrected chi connectivity index (χ0v) is 39.5. The Morgan fingerprint density at radius 3 is 0.689 bits per heavy atom. The Hall–Kier alpha value is -1.32. The fraction of sp³-hybridized carbons (Fsp3) is 1.00. The molecular weight excluding hydrogens is 1020 g/mol. The van der Waals surface area contributed by atoms with Crippen LogP contribution >= 0.6 is 0 Å². The van der Waals surface area contributed by atoms with Crippen molar-refractivity contribution < 1.29 is 164 Å². The third-order valence-electron chi connectivity index (χ3n) is 13.7. The maximum Gasteiger partial charge on any atom is 0.187 e. The van der Waals surface area contributed by atoms with E-state index in [2.05, 4.69) is 0 Å². The molecular formula is C41H72O33. The summed E-state index contributed by atoms with van der Waals surface area (Å²) in [5.74, 6) is 0. The van der Waals surface area contributed by atoms with Gasteiger partial charge in [0.25, 0.3) is 0 Å². The van der Waals surface area contributed by atoms with E-state index >= 15 is 0 Å². The zero-order valence-electron chi connectivity index (χ0n) is 39.5. The Morgan fingerprint density at radius 2 is 0.473 bits per heavy atom. The number of aliphatic hydroxyl groups excluding tert-OH is 21. The second-order valence-electron chi connectivity index (χ2n) is 19.3. The first-order chi connectivity index (χ1) is 35.0. The minimum atomic E-state index is -2.06. The minimum absolute atomic E-state index is 0.701. The Labute approximate surface area is 419 Å². The lowest BCUT2D eigenvalue weighted by atomic mass is 9.93. The van der Waals surface area contributed by atoms with E-state index in [1.807, 2.05) is 0 Å². The van der Waals surface area contributed by atoms with Gasteiger partial charge in [-0.05, 0) is 0 Å². The van der Waals surface area contributed by atoms with Crippen LogP contribution in [-0.2, 0) is 56.8 Å². The van der Waals surface area contributed by atoms with Gasteiger partial charge in [0, 0.05) is 5.41 Å². The van der Waals surface area contributed by atoms with Crippen LogP contribution in [0.4, 0.5) is 0 Å². The van der Waals surface area contributed by atoms with E-state index in [1.165, 1.54) is 6.92 Å². The number of rotatable bonds is 21. The topological polar surface area (TPSA) is 536 Å². The van der Waals surface area contributed by atoms with Crippen LogP contribution in [0.1, 0.15) is 6.92 Å². The van der Waals surface area contributed by atoms with E-state index in [9.17, 15) is 107 Å². The number of hydrogen-bond donors (Lipinski definition) is 21. The Kier molecular flexibility index (Phi) is 22.4. The van der Waals surface area contributed by atoms with Crippen molar-refractivity contribution in [1.29, 1.82) is 0 Å². The molecule has 30 atom stereocenters. The summed E-state index contributed by atoms with van der Waals surface area (Å²) in [4.78, 5) is 0. The first-order valence-corrected chi connectivity index (χ1v) is 23.6. The first-order valence-electron chi connectivity index (χ1n) is 23.6. The molecule has 33 nitrogen and oxygen atoms in total. The highest BCUT2D eigenvalue weighted by Gasteiger charge is 2.55. The lowest BCUT2D eigenvalue weighted by Crippen LogP contribution is -2.65. The molecule has 434 valence electrons. The van der Waals surface area contributed by atoms with Crippen LogP contribution in [0.5, 0.6) is 0 Å². The molecule has 6 heterocycles. The summed E-state index contributed by atoms with van der Waals surface area (Å²) >= 11 is 0. The molecule has 0 aromatic heterocycles. The highest BCUT2D eigenvalue weighted by atomic mass is 16.8. The lowest BCUT2D eigenvalue weighted by molar-refractivity contribution is -0.369. The van der Waals surface area contributed by atoms with Crippen LogP contribution in [0, 0.1) is 5.41 Å². The van der Waals surface area contributed by atoms with Crippen molar-refractivity contribution in [2.75, 3.05) is 59.5 Å². The molecule has 6 rings (SSSR count). The third-order valence-corrected chi connectivity index (χ3v) is 13.7. The quantitative estimate of drug-likeness (QED) is 0.0507. The summed E-state index contributed by atoms with van der Waals surface area (Å²) in [6.45, 7) is -6.12. The predicted molar refractivity (Wildman–Crippen MR) is 225 cm³/mol. The van der Waals surface area contributed by atoms with Gasteiger partial charge in [-0.15, -0.1) is 0 Å². The Morgan fingerprint density at radius 1 is 0.270 bits per heavy atom. The minimum Gasteiger partial charge on any atom is -0.394 e. The van der Waals surface area contributed by atoms with Crippen LogP contribution < -0.4 is 0 Å². The van der Waals surface area contributed by atoms with Crippen molar-refractivity contribution in [3.8, 4) is 0 Å². The Balaban J connectivity index is 1.17. The maximum atomic E-state index is 11.2. The van der Waals surface area contributed by atoms with Gasteiger partial charge in [-0.25, -0.2) is 0 Å². The molecule has 0 aromatic carbocycles. The van der Waals surface area contributed by atoms with Gasteiger partial charge < -0.3 is 164 Å². The van der Waals surface area contributed by atoms with Crippen molar-refractivity contribution in [3.05, 3.63) is 0 Å². The first kappa shape index (κ1) is 61.9. The van der Waals surface area contributed by atoms with E-state index in [0.29, 0.717) is 0 Å². The molecule has 0 amide bonds. The van der Waals surface area contributed by atoms with E-state index in [-0.39, 0.29) is 0 Å². The Bertz CT molecular complexity index is 1480. The third kappa shape index (κ3) is 13.3. The maximum absolute atomic E-state index is 11.2. The van der Waals surface area contributed by atoms with Gasteiger partial charge in [-0.2, -0.15) is 0 Å². The summed E-state index contributed by atoms with van der Waals surface area (Å²) in [5.41, 5.74) is -1.69. The van der Waals surface area contributed by atoms with Gasteiger partial charge in [-0.1, -0.05) is 6.92 Å². The van der Waals surface area contributed by atoms with E-state index in [1.54, 1.807) is 0 Å². The van der Waals surface area contributed by atoms with Crippen LogP contribution in [0.2, 0.25) is 0 Å². The van der Waals surface area contributed by atoms with Crippen molar-refractivity contribution in [1.82, 2.24) is 0 Å². The molecule has 33 heteroatoms. The molecule has 0 radical (unpaired) electrons. The second-order valence-corrected chi connectivity index (χ2v) is 19.3. The summed E-state index contributed by atoms with van der Waals surface area (Å²) < 4.78 is 67.6. The fourth-order valence-corrected chi connectivity index (χ4v) is 9.05. The molecule has 74 heavy (non-hydrogen) atoms. The normalized spacial score (nSPS) is 50.4. The van der Waals surface area contributed by atoms with Gasteiger partial charge >= 0.3 is 0 Å². The molecule has 0 saturated carbocycles. The number of ether oxygens (including phenoxy) is 12. The zero-order chi connectivity index (χ0) is 54.7. The van der Waals surface area contributed by atoms with Crippen molar-refractivity contribution in [2.24, 2.45) is 5.41 Å².